The highest BCUT2D eigenvalue weighted by Gasteiger charge is 2.31. The number of hydrogen-bond acceptors (Lipinski definition) is 2. The van der Waals surface area contributed by atoms with Crippen LogP contribution in [0.5, 0.6) is 0 Å². The van der Waals surface area contributed by atoms with Crippen molar-refractivity contribution < 1.29 is 13.2 Å². The Morgan fingerprint density at radius 3 is 2.56 bits per heavy atom. The summed E-state index contributed by atoms with van der Waals surface area (Å²) in [7, 11) is 1.61. The van der Waals surface area contributed by atoms with Gasteiger partial charge in [-0.3, -0.25) is 4.68 Å². The van der Waals surface area contributed by atoms with Crippen LogP contribution in [0.2, 0.25) is 0 Å². The van der Waals surface area contributed by atoms with Crippen LogP contribution in [0.15, 0.2) is 0 Å². The van der Waals surface area contributed by atoms with Crippen LogP contribution in [0.4, 0.5) is 13.2 Å². The predicted octanol–water partition coefficient (Wildman–Crippen LogP) is 2.42. The highest BCUT2D eigenvalue weighted by molar-refractivity contribution is 6.17. The zero-order valence-electron chi connectivity index (χ0n) is 9.92. The molecular formula is C10H12ClF3N4. The lowest BCUT2D eigenvalue weighted by molar-refractivity contribution is -0.140. The second kappa shape index (κ2) is 4.46. The average Bonchev–Trinajstić information content (AvgIpc) is 2.68. The summed E-state index contributed by atoms with van der Waals surface area (Å²) in [6.07, 6.45) is -4.00. The second-order valence-corrected chi connectivity index (χ2v) is 4.43. The van der Waals surface area contributed by atoms with E-state index >= 15 is 0 Å². The molecule has 0 aliphatic carbocycles. The highest BCUT2D eigenvalue weighted by Crippen LogP contribution is 2.25. The van der Waals surface area contributed by atoms with E-state index in [0.717, 1.165) is 4.57 Å². The van der Waals surface area contributed by atoms with E-state index < -0.39 is 12.7 Å². The van der Waals surface area contributed by atoms with Crippen molar-refractivity contribution in [1.82, 2.24) is 19.3 Å². The fraction of sp³-hybridized carbons (Fsp3) is 0.600. The smallest absolute Gasteiger partial charge is 0.304 e. The second-order valence-electron chi connectivity index (χ2n) is 4.05. The summed E-state index contributed by atoms with van der Waals surface area (Å²) >= 11 is 5.60. The van der Waals surface area contributed by atoms with Crippen LogP contribution in [0.1, 0.15) is 11.5 Å². The third kappa shape index (κ3) is 2.31. The van der Waals surface area contributed by atoms with Crippen molar-refractivity contribution in [2.75, 3.05) is 5.88 Å². The van der Waals surface area contributed by atoms with Gasteiger partial charge in [0.1, 0.15) is 17.9 Å². The van der Waals surface area contributed by atoms with E-state index in [0.29, 0.717) is 29.1 Å². The molecule has 100 valence electrons. The Kier molecular flexibility index (Phi) is 3.27. The van der Waals surface area contributed by atoms with Crippen molar-refractivity contribution in [3.63, 3.8) is 0 Å². The van der Waals surface area contributed by atoms with E-state index in [1.807, 2.05) is 0 Å². The maximum absolute atomic E-state index is 12.6. The lowest BCUT2D eigenvalue weighted by Gasteiger charge is -2.11. The first-order valence-electron chi connectivity index (χ1n) is 5.35. The van der Waals surface area contributed by atoms with Crippen molar-refractivity contribution >= 4 is 22.8 Å². The van der Waals surface area contributed by atoms with Gasteiger partial charge < -0.3 is 4.57 Å². The van der Waals surface area contributed by atoms with E-state index in [1.54, 1.807) is 14.0 Å². The van der Waals surface area contributed by atoms with Crippen molar-refractivity contribution in [3.8, 4) is 0 Å². The quantitative estimate of drug-likeness (QED) is 0.810. The number of fused-ring (bicyclic) bond motifs is 1. The van der Waals surface area contributed by atoms with E-state index in [2.05, 4.69) is 10.1 Å². The van der Waals surface area contributed by atoms with Crippen molar-refractivity contribution in [2.45, 2.75) is 26.1 Å². The molecule has 0 atom stereocenters. The summed E-state index contributed by atoms with van der Waals surface area (Å²) in [5.41, 5.74) is 1.50. The zero-order chi connectivity index (χ0) is 13.5. The fourth-order valence-electron chi connectivity index (χ4n) is 2.00. The summed E-state index contributed by atoms with van der Waals surface area (Å²) in [5.74, 6) is 0.571. The number of halogens is 4. The number of aromatic nitrogens is 4. The highest BCUT2D eigenvalue weighted by atomic mass is 35.5. The molecule has 0 radical (unpaired) electrons. The van der Waals surface area contributed by atoms with Gasteiger partial charge in [0, 0.05) is 19.3 Å². The Bertz CT molecular complexity index is 570. The van der Waals surface area contributed by atoms with Gasteiger partial charge in [-0.2, -0.15) is 18.3 Å². The minimum atomic E-state index is -4.30. The summed E-state index contributed by atoms with van der Waals surface area (Å²) in [6, 6.07) is 0. The van der Waals surface area contributed by atoms with Gasteiger partial charge in [0.2, 0.25) is 0 Å². The zero-order valence-corrected chi connectivity index (χ0v) is 10.7. The molecule has 0 saturated heterocycles. The van der Waals surface area contributed by atoms with Crippen molar-refractivity contribution in [1.29, 1.82) is 0 Å². The van der Waals surface area contributed by atoms with Gasteiger partial charge in [-0.05, 0) is 6.92 Å². The maximum atomic E-state index is 12.6. The van der Waals surface area contributed by atoms with E-state index in [-0.39, 0.29) is 5.88 Å². The summed E-state index contributed by atoms with van der Waals surface area (Å²) in [6.45, 7) is 0.645. The van der Waals surface area contributed by atoms with Crippen LogP contribution in [0.3, 0.4) is 0 Å². The molecule has 0 aromatic carbocycles. The molecule has 0 unspecified atom stereocenters. The van der Waals surface area contributed by atoms with E-state index in [1.165, 1.54) is 4.68 Å². The summed E-state index contributed by atoms with van der Waals surface area (Å²) in [4.78, 5) is 4.20. The molecule has 4 nitrogen and oxygen atoms in total. The topological polar surface area (TPSA) is 35.6 Å². The predicted molar refractivity (Wildman–Crippen MR) is 61.7 cm³/mol. The first-order valence-corrected chi connectivity index (χ1v) is 5.88. The molecule has 0 aliphatic rings. The Morgan fingerprint density at radius 2 is 2.00 bits per heavy atom. The third-order valence-corrected chi connectivity index (χ3v) is 2.81. The van der Waals surface area contributed by atoms with Gasteiger partial charge >= 0.3 is 6.18 Å². The van der Waals surface area contributed by atoms with Crippen LogP contribution >= 0.6 is 11.6 Å². The molecular weight excluding hydrogens is 269 g/mol. The summed E-state index contributed by atoms with van der Waals surface area (Å²) in [5, 5.41) is 4.08. The van der Waals surface area contributed by atoms with Crippen molar-refractivity contribution in [2.24, 2.45) is 7.05 Å². The lowest BCUT2D eigenvalue weighted by atomic mass is 10.4. The molecule has 0 fully saturated rings. The van der Waals surface area contributed by atoms with E-state index in [4.69, 9.17) is 11.6 Å². The number of alkyl halides is 4. The minimum Gasteiger partial charge on any atom is -0.304 e. The minimum absolute atomic E-state index is 0.230. The van der Waals surface area contributed by atoms with Gasteiger partial charge in [-0.25, -0.2) is 4.98 Å². The van der Waals surface area contributed by atoms with Crippen LogP contribution < -0.4 is 0 Å². The number of hydrogen-bond donors (Lipinski definition) is 0. The van der Waals surface area contributed by atoms with Crippen LogP contribution in [0, 0.1) is 6.92 Å². The first kappa shape index (κ1) is 13.2. The molecule has 0 aliphatic heterocycles. The van der Waals surface area contributed by atoms with Crippen molar-refractivity contribution in [3.05, 3.63) is 11.5 Å². The molecule has 18 heavy (non-hydrogen) atoms. The molecule has 2 aromatic rings. The van der Waals surface area contributed by atoms with E-state index in [9.17, 15) is 13.2 Å². The monoisotopic (exact) mass is 280 g/mol. The SMILES string of the molecule is Cc1nn(C)c2c1nc(CCCl)n2CC(F)(F)F. The molecule has 0 bridgehead atoms. The Hall–Kier alpha value is -1.24. The van der Waals surface area contributed by atoms with Gasteiger partial charge in [-0.1, -0.05) is 0 Å². The van der Waals surface area contributed by atoms with Crippen LogP contribution in [-0.4, -0.2) is 31.4 Å². The number of nitrogens with zero attached hydrogens (tertiary/aromatic N) is 4. The Balaban J connectivity index is 2.61. The van der Waals surface area contributed by atoms with Crippen LogP contribution in [0.25, 0.3) is 11.2 Å². The number of rotatable bonds is 3. The Morgan fingerprint density at radius 1 is 1.33 bits per heavy atom. The molecule has 2 heterocycles. The molecule has 8 heteroatoms. The molecule has 2 rings (SSSR count). The lowest BCUT2D eigenvalue weighted by Crippen LogP contribution is -2.20. The van der Waals surface area contributed by atoms with Gasteiger partial charge in [0.25, 0.3) is 0 Å². The molecule has 2 aromatic heterocycles. The molecule has 0 N–H and O–H groups in total. The fourth-order valence-corrected chi connectivity index (χ4v) is 2.17. The average molecular weight is 281 g/mol. The van der Waals surface area contributed by atoms with Gasteiger partial charge in [-0.15, -0.1) is 11.6 Å². The standard InChI is InChI=1S/C10H12ClF3N4/c1-6-8-9(17(2)16-6)18(5-10(12,13)14)7(15-8)3-4-11/h3-5H2,1-2H3. The third-order valence-electron chi connectivity index (χ3n) is 2.62. The first-order chi connectivity index (χ1) is 8.33. The van der Waals surface area contributed by atoms with Crippen LogP contribution in [-0.2, 0) is 20.0 Å². The maximum Gasteiger partial charge on any atom is 0.406 e. The number of aryl methyl sites for hydroxylation is 3. The molecule has 0 amide bonds. The largest absolute Gasteiger partial charge is 0.406 e. The molecule has 0 saturated carbocycles. The Labute approximate surface area is 106 Å². The van der Waals surface area contributed by atoms with Gasteiger partial charge in [0.15, 0.2) is 5.65 Å². The molecule has 0 spiro atoms. The number of imidazole rings is 1. The normalized spacial score (nSPS) is 12.6. The summed E-state index contributed by atoms with van der Waals surface area (Å²) < 4.78 is 40.3. The van der Waals surface area contributed by atoms with Gasteiger partial charge in [0.05, 0.1) is 5.69 Å².